The Labute approximate surface area is 120 Å². The van der Waals surface area contributed by atoms with E-state index < -0.39 is 10.0 Å². The van der Waals surface area contributed by atoms with Crippen molar-refractivity contribution in [2.75, 3.05) is 0 Å². The zero-order valence-electron chi connectivity index (χ0n) is 10.6. The number of nitrogens with one attached hydrogen (secondary N) is 1. The largest absolute Gasteiger partial charge is 0.271 e. The van der Waals surface area contributed by atoms with E-state index in [1.807, 2.05) is 13.0 Å². The van der Waals surface area contributed by atoms with Gasteiger partial charge in [0.1, 0.15) is 0 Å². The van der Waals surface area contributed by atoms with Crippen LogP contribution in [0.25, 0.3) is 0 Å². The molecule has 0 aliphatic carbocycles. The van der Waals surface area contributed by atoms with Crippen molar-refractivity contribution in [3.63, 3.8) is 0 Å². The number of rotatable bonds is 4. The number of aryl methyl sites for hydroxylation is 2. The standard InChI is InChI=1S/C12H14BrN3O2S/c1-9-5-10(13)7-12(6-9)19(17,18)15-8-11-3-4-14-16(11)2/h3-7,15H,8H2,1-2H3. The molecule has 0 aliphatic rings. The summed E-state index contributed by atoms with van der Waals surface area (Å²) in [5.41, 5.74) is 1.69. The molecule has 0 unspecified atom stereocenters. The van der Waals surface area contributed by atoms with Crippen LogP contribution in [0.2, 0.25) is 0 Å². The van der Waals surface area contributed by atoms with E-state index in [1.165, 1.54) is 0 Å². The number of sulfonamides is 1. The summed E-state index contributed by atoms with van der Waals surface area (Å²) in [6.45, 7) is 2.06. The topological polar surface area (TPSA) is 64.0 Å². The van der Waals surface area contributed by atoms with Crippen LogP contribution in [-0.2, 0) is 23.6 Å². The van der Waals surface area contributed by atoms with Crippen molar-refractivity contribution in [2.24, 2.45) is 7.05 Å². The lowest BCUT2D eigenvalue weighted by Crippen LogP contribution is -2.24. The normalized spacial score (nSPS) is 11.7. The molecule has 5 nitrogen and oxygen atoms in total. The third kappa shape index (κ3) is 3.43. The van der Waals surface area contributed by atoms with Crippen LogP contribution in [-0.4, -0.2) is 18.2 Å². The lowest BCUT2D eigenvalue weighted by Gasteiger charge is -2.08. The lowest BCUT2D eigenvalue weighted by atomic mass is 10.2. The number of aromatic nitrogens is 2. The van der Waals surface area contributed by atoms with Gasteiger partial charge in [0.2, 0.25) is 10.0 Å². The summed E-state index contributed by atoms with van der Waals surface area (Å²) in [5, 5.41) is 3.99. The average molecular weight is 344 g/mol. The number of halogens is 1. The molecule has 2 rings (SSSR count). The van der Waals surface area contributed by atoms with Crippen molar-refractivity contribution in [3.05, 3.63) is 46.2 Å². The quantitative estimate of drug-likeness (QED) is 0.922. The van der Waals surface area contributed by atoms with E-state index in [4.69, 9.17) is 0 Å². The van der Waals surface area contributed by atoms with E-state index in [1.54, 1.807) is 36.1 Å². The molecule has 1 aromatic carbocycles. The summed E-state index contributed by atoms with van der Waals surface area (Å²) in [5.74, 6) is 0. The van der Waals surface area contributed by atoms with Crippen LogP contribution in [0.1, 0.15) is 11.3 Å². The second kappa shape index (κ2) is 5.44. The number of benzene rings is 1. The van der Waals surface area contributed by atoms with Gasteiger partial charge in [-0.15, -0.1) is 0 Å². The zero-order chi connectivity index (χ0) is 14.0. The van der Waals surface area contributed by atoms with Gasteiger partial charge < -0.3 is 0 Å². The first kappa shape index (κ1) is 14.2. The Morgan fingerprint density at radius 1 is 1.37 bits per heavy atom. The molecular formula is C12H14BrN3O2S. The first-order chi connectivity index (χ1) is 8.88. The molecule has 0 spiro atoms. The molecular weight excluding hydrogens is 330 g/mol. The molecule has 0 amide bonds. The summed E-state index contributed by atoms with van der Waals surface area (Å²) in [7, 11) is -1.75. The maximum atomic E-state index is 12.2. The fourth-order valence-corrected chi connectivity index (χ4v) is 3.57. The summed E-state index contributed by atoms with van der Waals surface area (Å²) >= 11 is 3.30. The Kier molecular flexibility index (Phi) is 4.07. The van der Waals surface area contributed by atoms with Gasteiger partial charge in [-0.05, 0) is 36.8 Å². The van der Waals surface area contributed by atoms with Crippen molar-refractivity contribution >= 4 is 26.0 Å². The van der Waals surface area contributed by atoms with E-state index >= 15 is 0 Å². The van der Waals surface area contributed by atoms with Gasteiger partial charge in [0, 0.05) is 17.7 Å². The SMILES string of the molecule is Cc1cc(Br)cc(S(=O)(=O)NCc2ccnn2C)c1. The second-order valence-electron chi connectivity index (χ2n) is 4.23. The molecule has 0 aliphatic heterocycles. The Bertz CT molecular complexity index is 675. The monoisotopic (exact) mass is 343 g/mol. The highest BCUT2D eigenvalue weighted by Gasteiger charge is 2.15. The maximum absolute atomic E-state index is 12.2. The van der Waals surface area contributed by atoms with Gasteiger partial charge in [-0.25, -0.2) is 13.1 Å². The molecule has 1 heterocycles. The third-order valence-corrected chi connectivity index (χ3v) is 4.53. The fourth-order valence-electron chi connectivity index (χ4n) is 1.68. The Balaban J connectivity index is 2.21. The highest BCUT2D eigenvalue weighted by molar-refractivity contribution is 9.10. The van der Waals surface area contributed by atoms with Gasteiger partial charge in [0.25, 0.3) is 0 Å². The van der Waals surface area contributed by atoms with Gasteiger partial charge in [-0.1, -0.05) is 15.9 Å². The van der Waals surface area contributed by atoms with Crippen LogP contribution in [0.4, 0.5) is 0 Å². The zero-order valence-corrected chi connectivity index (χ0v) is 13.0. The van der Waals surface area contributed by atoms with E-state index in [2.05, 4.69) is 25.8 Å². The maximum Gasteiger partial charge on any atom is 0.240 e. The minimum absolute atomic E-state index is 0.213. The lowest BCUT2D eigenvalue weighted by molar-refractivity contribution is 0.577. The second-order valence-corrected chi connectivity index (χ2v) is 6.92. The molecule has 0 saturated carbocycles. The van der Waals surface area contributed by atoms with E-state index in [0.717, 1.165) is 15.7 Å². The number of nitrogens with zero attached hydrogens (tertiary/aromatic N) is 2. The highest BCUT2D eigenvalue weighted by atomic mass is 79.9. The summed E-state index contributed by atoms with van der Waals surface area (Å²) in [4.78, 5) is 0.251. The number of hydrogen-bond acceptors (Lipinski definition) is 3. The van der Waals surface area contributed by atoms with Crippen LogP contribution in [0.15, 0.2) is 39.8 Å². The molecule has 102 valence electrons. The molecule has 0 atom stereocenters. The molecule has 0 saturated heterocycles. The summed E-state index contributed by atoms with van der Waals surface area (Å²) < 4.78 is 29.3. The Morgan fingerprint density at radius 2 is 2.11 bits per heavy atom. The first-order valence-corrected chi connectivity index (χ1v) is 7.90. The van der Waals surface area contributed by atoms with E-state index in [-0.39, 0.29) is 11.4 Å². The van der Waals surface area contributed by atoms with Crippen LogP contribution in [0.5, 0.6) is 0 Å². The molecule has 1 aromatic heterocycles. The molecule has 2 aromatic rings. The van der Waals surface area contributed by atoms with E-state index in [9.17, 15) is 8.42 Å². The van der Waals surface area contributed by atoms with Crippen LogP contribution >= 0.6 is 15.9 Å². The van der Waals surface area contributed by atoms with Gasteiger partial charge >= 0.3 is 0 Å². The summed E-state index contributed by atoms with van der Waals surface area (Å²) in [6.07, 6.45) is 1.63. The molecule has 19 heavy (non-hydrogen) atoms. The predicted molar refractivity (Wildman–Crippen MR) is 76.1 cm³/mol. The fraction of sp³-hybridized carbons (Fsp3) is 0.250. The number of hydrogen-bond donors (Lipinski definition) is 1. The molecule has 0 bridgehead atoms. The third-order valence-electron chi connectivity index (χ3n) is 2.69. The van der Waals surface area contributed by atoms with Gasteiger partial charge in [0.15, 0.2) is 0 Å². The Morgan fingerprint density at radius 3 is 2.68 bits per heavy atom. The van der Waals surface area contributed by atoms with Crippen molar-refractivity contribution < 1.29 is 8.42 Å². The van der Waals surface area contributed by atoms with Gasteiger partial charge in [0.05, 0.1) is 17.1 Å². The van der Waals surface area contributed by atoms with Gasteiger partial charge in [-0.2, -0.15) is 5.10 Å². The van der Waals surface area contributed by atoms with Gasteiger partial charge in [-0.3, -0.25) is 4.68 Å². The molecule has 0 radical (unpaired) electrons. The van der Waals surface area contributed by atoms with Crippen molar-refractivity contribution in [1.29, 1.82) is 0 Å². The minimum atomic E-state index is -3.52. The first-order valence-electron chi connectivity index (χ1n) is 5.62. The van der Waals surface area contributed by atoms with Crippen LogP contribution in [0, 0.1) is 6.92 Å². The highest BCUT2D eigenvalue weighted by Crippen LogP contribution is 2.19. The predicted octanol–water partition coefficient (Wildman–Crippen LogP) is 1.97. The van der Waals surface area contributed by atoms with Crippen molar-refractivity contribution in [3.8, 4) is 0 Å². The molecule has 7 heteroatoms. The molecule has 0 fully saturated rings. The van der Waals surface area contributed by atoms with E-state index in [0.29, 0.717) is 0 Å². The smallest absolute Gasteiger partial charge is 0.240 e. The average Bonchev–Trinajstić information content (AvgIpc) is 2.71. The minimum Gasteiger partial charge on any atom is -0.271 e. The molecule has 1 N–H and O–H groups in total. The van der Waals surface area contributed by atoms with Crippen molar-refractivity contribution in [2.45, 2.75) is 18.4 Å². The summed E-state index contributed by atoms with van der Waals surface area (Å²) in [6, 6.07) is 6.85. The Hall–Kier alpha value is -1.18. The van der Waals surface area contributed by atoms with Crippen LogP contribution < -0.4 is 4.72 Å². The van der Waals surface area contributed by atoms with Crippen molar-refractivity contribution in [1.82, 2.24) is 14.5 Å². The van der Waals surface area contributed by atoms with Crippen LogP contribution in [0.3, 0.4) is 0 Å².